The number of phenols is 13. The zero-order chi connectivity index (χ0) is 45.8. The summed E-state index contributed by atoms with van der Waals surface area (Å²) in [6.45, 7) is 0. The highest BCUT2D eigenvalue weighted by Gasteiger charge is 2.51. The molecule has 0 aromatic heterocycles. The zero-order valence-corrected chi connectivity index (χ0v) is 32.6. The molecule has 3 aliphatic heterocycles. The summed E-state index contributed by atoms with van der Waals surface area (Å²) in [5.74, 6) is -13.6. The maximum atomic E-state index is 12.5. The average molecular weight is 883 g/mol. The number of hydrogen-bond donors (Lipinski definition) is 16. The van der Waals surface area contributed by atoms with Gasteiger partial charge in [-0.1, -0.05) is 12.1 Å². The Kier molecular flexibility index (Phi) is 9.58. The minimum Gasteiger partial charge on any atom is -0.508 e. The van der Waals surface area contributed by atoms with Crippen LogP contribution in [0.5, 0.6) is 92.0 Å². The Hall–Kier alpha value is -8.00. The molecule has 0 amide bonds. The number of aromatic hydroxyl groups is 13. The first-order valence-electron chi connectivity index (χ1n) is 19.4. The van der Waals surface area contributed by atoms with Gasteiger partial charge in [0, 0.05) is 64.1 Å². The van der Waals surface area contributed by atoms with Crippen molar-refractivity contribution in [1.29, 1.82) is 0 Å². The topological polar surface area (TPSA) is 351 Å². The number of ether oxygens (including phenoxy) is 3. The van der Waals surface area contributed by atoms with E-state index in [4.69, 9.17) is 14.2 Å². The molecule has 6 aromatic rings. The lowest BCUT2D eigenvalue weighted by Gasteiger charge is -2.43. The molecule has 0 bridgehead atoms. The molecule has 0 unspecified atom stereocenters. The molecule has 0 spiro atoms. The number of phenolic OH excluding ortho intramolecular Hbond substituents is 13. The third-order valence-corrected chi connectivity index (χ3v) is 11.9. The van der Waals surface area contributed by atoms with E-state index in [1.165, 1.54) is 12.1 Å². The van der Waals surface area contributed by atoms with E-state index in [-0.39, 0.29) is 51.3 Å². The lowest BCUT2D eigenvalue weighted by Crippen LogP contribution is -2.39. The number of rotatable bonds is 5. The van der Waals surface area contributed by atoms with Crippen LogP contribution in [0, 0.1) is 0 Å². The molecule has 6 aromatic carbocycles. The SMILES string of the molecule is Oc1cc(O)c2c(c1)O[C@H](c1ccc(O)c(O)c1)[C@@H](O)[C@@H]2c1c(O)cc(O)c2c1O[C@H](c1cc(O)c(O)c(O)c1)[C@@H](O)[C@@H]2c1c(O)cc(O)c2c1O[C@H](c1ccc(O)c(O)c1)[C@@H](O)C2. The van der Waals surface area contributed by atoms with Gasteiger partial charge in [0.25, 0.3) is 0 Å². The molecule has 3 aliphatic rings. The Labute approximate surface area is 359 Å². The highest BCUT2D eigenvalue weighted by atomic mass is 16.5. The van der Waals surface area contributed by atoms with Crippen molar-refractivity contribution in [2.75, 3.05) is 0 Å². The van der Waals surface area contributed by atoms with Gasteiger partial charge in [-0.25, -0.2) is 0 Å². The molecule has 19 nitrogen and oxygen atoms in total. The molecule has 8 atom stereocenters. The largest absolute Gasteiger partial charge is 0.508 e. The molecule has 0 radical (unpaired) electrons. The second kappa shape index (κ2) is 14.8. The molecule has 0 saturated heterocycles. The van der Waals surface area contributed by atoms with Crippen molar-refractivity contribution in [3.8, 4) is 92.0 Å². The smallest absolute Gasteiger partial charge is 0.200 e. The normalized spacial score (nSPS) is 23.4. The van der Waals surface area contributed by atoms with Crippen molar-refractivity contribution >= 4 is 0 Å². The van der Waals surface area contributed by atoms with E-state index in [1.807, 2.05) is 0 Å². The van der Waals surface area contributed by atoms with Crippen LogP contribution in [-0.2, 0) is 6.42 Å². The summed E-state index contributed by atoms with van der Waals surface area (Å²) in [4.78, 5) is 0. The van der Waals surface area contributed by atoms with Crippen molar-refractivity contribution in [3.63, 3.8) is 0 Å². The predicted octanol–water partition coefficient (Wildman–Crippen LogP) is 4.15. The molecule has 64 heavy (non-hydrogen) atoms. The summed E-state index contributed by atoms with van der Waals surface area (Å²) in [7, 11) is 0. The van der Waals surface area contributed by atoms with Gasteiger partial charge >= 0.3 is 0 Å². The maximum Gasteiger partial charge on any atom is 0.200 e. The van der Waals surface area contributed by atoms with Gasteiger partial charge in [-0.2, -0.15) is 0 Å². The monoisotopic (exact) mass is 882 g/mol. The Bertz CT molecular complexity index is 2870. The Morgan fingerprint density at radius 3 is 1.39 bits per heavy atom. The van der Waals surface area contributed by atoms with Crippen LogP contribution < -0.4 is 14.2 Å². The van der Waals surface area contributed by atoms with Crippen LogP contribution in [0.3, 0.4) is 0 Å². The van der Waals surface area contributed by atoms with Gasteiger partial charge in [-0.3, -0.25) is 0 Å². The molecule has 3 heterocycles. The summed E-state index contributed by atoms with van der Waals surface area (Å²) in [5.41, 5.74) is -1.65. The van der Waals surface area contributed by atoms with Gasteiger partial charge in [-0.15, -0.1) is 0 Å². The summed E-state index contributed by atoms with van der Waals surface area (Å²) >= 11 is 0. The molecule has 332 valence electrons. The van der Waals surface area contributed by atoms with Crippen LogP contribution in [0.1, 0.15) is 74.7 Å². The lowest BCUT2D eigenvalue weighted by molar-refractivity contribution is -0.00567. The zero-order valence-electron chi connectivity index (χ0n) is 32.6. The van der Waals surface area contributed by atoms with E-state index in [0.717, 1.165) is 60.7 Å². The van der Waals surface area contributed by atoms with Gasteiger partial charge in [-0.05, 0) is 47.5 Å². The first-order chi connectivity index (χ1) is 30.3. The van der Waals surface area contributed by atoms with E-state index in [1.54, 1.807) is 0 Å². The van der Waals surface area contributed by atoms with Crippen molar-refractivity contribution in [3.05, 3.63) is 117 Å². The average Bonchev–Trinajstić information content (AvgIpc) is 3.23. The number of hydrogen-bond acceptors (Lipinski definition) is 19. The molecular formula is C45H38O19. The van der Waals surface area contributed by atoms with Gasteiger partial charge in [0.15, 0.2) is 52.5 Å². The molecule has 0 saturated carbocycles. The summed E-state index contributed by atoms with van der Waals surface area (Å²) in [6, 6.07) is 12.6. The predicted molar refractivity (Wildman–Crippen MR) is 216 cm³/mol. The van der Waals surface area contributed by atoms with Crippen molar-refractivity contribution in [2.24, 2.45) is 0 Å². The highest BCUT2D eigenvalue weighted by Crippen LogP contribution is 2.62. The second-order valence-corrected chi connectivity index (χ2v) is 15.8. The van der Waals surface area contributed by atoms with Gasteiger partial charge in [0.1, 0.15) is 70.1 Å². The first-order valence-corrected chi connectivity index (χ1v) is 19.4. The van der Waals surface area contributed by atoms with Crippen LogP contribution in [0.4, 0.5) is 0 Å². The van der Waals surface area contributed by atoms with E-state index >= 15 is 0 Å². The van der Waals surface area contributed by atoms with Crippen molar-refractivity contribution in [2.45, 2.75) is 54.9 Å². The van der Waals surface area contributed by atoms with Crippen molar-refractivity contribution in [1.82, 2.24) is 0 Å². The number of aliphatic hydroxyl groups is 3. The number of fused-ring (bicyclic) bond motifs is 3. The third kappa shape index (κ3) is 6.40. The van der Waals surface area contributed by atoms with Crippen LogP contribution >= 0.6 is 0 Å². The van der Waals surface area contributed by atoms with Crippen LogP contribution in [0.2, 0.25) is 0 Å². The van der Waals surface area contributed by atoms with E-state index in [0.29, 0.717) is 0 Å². The standard InChI is InChI=1S/C45H38O19/c46-17-9-24(52)32-31(10-17)62-42(15-2-4-20(48)23(51)6-15)39(60)36(32)34-26(54)13-27(55)35-37(40(61)43(64-45(34)35)16-7-28(56)38(59)29(57)8-16)33-25(53)12-21(49)18-11-30(58)41(63-44(18)33)14-1-3-19(47)22(50)5-14/h1-10,12-13,30,36-37,39-43,46-61H,11H2/t30-,36-,37+,39-,40-,41+,42+,43+/m0/s1. The molecule has 0 aliphatic carbocycles. The van der Waals surface area contributed by atoms with E-state index < -0.39 is 140 Å². The molecule has 0 fully saturated rings. The minimum absolute atomic E-state index is 0.0482. The summed E-state index contributed by atoms with van der Waals surface area (Å²) in [6.07, 6.45) is -10.4. The first kappa shape index (κ1) is 41.4. The quantitative estimate of drug-likeness (QED) is 0.108. The fourth-order valence-electron chi connectivity index (χ4n) is 9.01. The molecule has 16 N–H and O–H groups in total. The molecular weight excluding hydrogens is 844 g/mol. The van der Waals surface area contributed by atoms with Crippen LogP contribution in [0.25, 0.3) is 0 Å². The summed E-state index contributed by atoms with van der Waals surface area (Å²) in [5, 5.41) is 177. The Balaban J connectivity index is 1.32. The van der Waals surface area contributed by atoms with Gasteiger partial charge in [0.2, 0.25) is 0 Å². The van der Waals surface area contributed by atoms with Gasteiger partial charge in [0.05, 0.1) is 17.9 Å². The van der Waals surface area contributed by atoms with Gasteiger partial charge < -0.3 is 95.9 Å². The van der Waals surface area contributed by atoms with Crippen molar-refractivity contribution < 1.29 is 95.9 Å². The number of aliphatic hydroxyl groups excluding tert-OH is 3. The minimum atomic E-state index is -2.02. The Morgan fingerprint density at radius 2 is 0.828 bits per heavy atom. The lowest BCUT2D eigenvalue weighted by atomic mass is 9.73. The second-order valence-electron chi connectivity index (χ2n) is 15.8. The maximum absolute atomic E-state index is 12.5. The van der Waals surface area contributed by atoms with E-state index in [9.17, 15) is 81.7 Å². The highest BCUT2D eigenvalue weighted by molar-refractivity contribution is 5.71. The fourth-order valence-corrected chi connectivity index (χ4v) is 9.01. The third-order valence-electron chi connectivity index (χ3n) is 11.9. The molecule has 9 rings (SSSR count). The fraction of sp³-hybridized carbons (Fsp3) is 0.200. The van der Waals surface area contributed by atoms with Crippen LogP contribution in [0.15, 0.2) is 72.8 Å². The molecule has 19 heteroatoms. The van der Waals surface area contributed by atoms with Crippen LogP contribution in [-0.4, -0.2) is 100 Å². The Morgan fingerprint density at radius 1 is 0.375 bits per heavy atom. The summed E-state index contributed by atoms with van der Waals surface area (Å²) < 4.78 is 18.8. The van der Waals surface area contributed by atoms with E-state index in [2.05, 4.69) is 0 Å². The number of benzene rings is 6.